The highest BCUT2D eigenvalue weighted by Gasteiger charge is 2.39. The maximum atomic E-state index is 12.5. The second-order valence-corrected chi connectivity index (χ2v) is 10.5. The highest BCUT2D eigenvalue weighted by molar-refractivity contribution is 9.11. The van der Waals surface area contributed by atoms with E-state index in [-0.39, 0.29) is 6.04 Å². The molecule has 0 unspecified atom stereocenters. The number of benzene rings is 1. The Kier molecular flexibility index (Phi) is 4.82. The highest BCUT2D eigenvalue weighted by Crippen LogP contribution is 2.33. The zero-order valence-electron chi connectivity index (χ0n) is 13.5. The molecule has 4 rings (SSSR count). The van der Waals surface area contributed by atoms with Crippen molar-refractivity contribution in [1.29, 1.82) is 0 Å². The Morgan fingerprint density at radius 3 is 2.65 bits per heavy atom. The van der Waals surface area contributed by atoms with E-state index in [9.17, 15) is 8.42 Å². The molecule has 3 heterocycles. The van der Waals surface area contributed by atoms with Crippen LogP contribution in [-0.4, -0.2) is 40.8 Å². The minimum Gasteiger partial charge on any atom is -0.487 e. The molecule has 0 N–H and O–H groups in total. The third kappa shape index (κ3) is 3.54. The molecular formula is C16H15BrN4O3S2. The van der Waals surface area contributed by atoms with Crippen molar-refractivity contribution in [3.63, 3.8) is 0 Å². The summed E-state index contributed by atoms with van der Waals surface area (Å²) in [5, 5.41) is 8.20. The summed E-state index contributed by atoms with van der Waals surface area (Å²) >= 11 is 4.51. The predicted molar refractivity (Wildman–Crippen MR) is 101 cm³/mol. The number of para-hydroxylation sites is 1. The molecule has 1 aliphatic heterocycles. The van der Waals surface area contributed by atoms with Crippen LogP contribution in [0.1, 0.15) is 11.7 Å². The van der Waals surface area contributed by atoms with Gasteiger partial charge in [-0.2, -0.15) is 4.31 Å². The summed E-state index contributed by atoms with van der Waals surface area (Å²) in [5.41, 5.74) is 0.706. The Hall–Kier alpha value is -1.75. The molecule has 1 fully saturated rings. The Labute approximate surface area is 163 Å². The van der Waals surface area contributed by atoms with Crippen molar-refractivity contribution in [2.24, 2.45) is 0 Å². The van der Waals surface area contributed by atoms with Crippen LogP contribution in [0.15, 0.2) is 56.7 Å². The van der Waals surface area contributed by atoms with Gasteiger partial charge in [0.25, 0.3) is 10.0 Å². The molecule has 1 aliphatic rings. The van der Waals surface area contributed by atoms with Crippen LogP contribution < -0.4 is 4.74 Å². The van der Waals surface area contributed by atoms with E-state index in [2.05, 4.69) is 26.2 Å². The van der Waals surface area contributed by atoms with Gasteiger partial charge in [0, 0.05) is 13.1 Å². The van der Waals surface area contributed by atoms with Crippen LogP contribution in [0.25, 0.3) is 0 Å². The van der Waals surface area contributed by atoms with E-state index < -0.39 is 10.0 Å². The van der Waals surface area contributed by atoms with Crippen molar-refractivity contribution in [3.05, 3.63) is 58.1 Å². The van der Waals surface area contributed by atoms with Crippen molar-refractivity contribution in [2.45, 2.75) is 16.9 Å². The lowest BCUT2D eigenvalue weighted by Crippen LogP contribution is -2.50. The summed E-state index contributed by atoms with van der Waals surface area (Å²) in [4.78, 5) is 0. The lowest BCUT2D eigenvalue weighted by molar-refractivity contribution is 0.189. The van der Waals surface area contributed by atoms with Gasteiger partial charge in [0.15, 0.2) is 0 Å². The SMILES string of the molecule is O=S(=O)(c1ccc(Br)s1)N1CC(n2cc(COc3ccccc3)nn2)C1. The Bertz CT molecular complexity index is 997. The standard InChI is InChI=1S/C16H15BrN4O3S2/c17-15-6-7-16(25-15)26(22,23)20-9-13(10-20)21-8-12(18-19-21)11-24-14-4-2-1-3-5-14/h1-8,13H,9-11H2. The van der Waals surface area contributed by atoms with E-state index in [1.54, 1.807) is 23.0 Å². The quantitative estimate of drug-likeness (QED) is 0.571. The fourth-order valence-corrected chi connectivity index (χ4v) is 6.25. The first-order chi connectivity index (χ1) is 12.5. The number of ether oxygens (including phenoxy) is 1. The van der Waals surface area contributed by atoms with Crippen molar-refractivity contribution >= 4 is 37.3 Å². The monoisotopic (exact) mass is 454 g/mol. The summed E-state index contributed by atoms with van der Waals surface area (Å²) in [6.07, 6.45) is 1.80. The smallest absolute Gasteiger partial charge is 0.252 e. The number of halogens is 1. The molecule has 0 spiro atoms. The molecule has 1 saturated heterocycles. The van der Waals surface area contributed by atoms with Gasteiger partial charge < -0.3 is 4.74 Å². The van der Waals surface area contributed by atoms with Gasteiger partial charge in [-0.1, -0.05) is 23.4 Å². The van der Waals surface area contributed by atoms with Crippen LogP contribution in [0.4, 0.5) is 0 Å². The molecule has 0 amide bonds. The topological polar surface area (TPSA) is 77.3 Å². The molecule has 7 nitrogen and oxygen atoms in total. The minimum atomic E-state index is -3.43. The maximum Gasteiger partial charge on any atom is 0.252 e. The van der Waals surface area contributed by atoms with E-state index in [1.807, 2.05) is 30.3 Å². The van der Waals surface area contributed by atoms with Gasteiger partial charge in [-0.15, -0.1) is 16.4 Å². The fourth-order valence-electron chi connectivity index (χ4n) is 2.58. The molecule has 0 radical (unpaired) electrons. The zero-order chi connectivity index (χ0) is 18.1. The molecule has 2 aromatic heterocycles. The summed E-state index contributed by atoms with van der Waals surface area (Å²) < 4.78 is 35.0. The predicted octanol–water partition coefficient (Wildman–Crippen LogP) is 2.93. The number of thiophene rings is 1. The minimum absolute atomic E-state index is 0.00819. The van der Waals surface area contributed by atoms with Crippen LogP contribution in [0, 0.1) is 0 Å². The van der Waals surface area contributed by atoms with Gasteiger partial charge >= 0.3 is 0 Å². The van der Waals surface area contributed by atoms with Crippen molar-refractivity contribution in [2.75, 3.05) is 13.1 Å². The molecule has 3 aromatic rings. The summed E-state index contributed by atoms with van der Waals surface area (Å²) in [6, 6.07) is 12.8. The lowest BCUT2D eigenvalue weighted by atomic mass is 10.2. The van der Waals surface area contributed by atoms with E-state index in [0.717, 1.165) is 9.54 Å². The number of sulfonamides is 1. The number of rotatable bonds is 6. The number of nitrogens with zero attached hydrogens (tertiary/aromatic N) is 4. The molecule has 0 atom stereocenters. The van der Waals surface area contributed by atoms with Crippen molar-refractivity contribution in [1.82, 2.24) is 19.3 Å². The van der Waals surface area contributed by atoms with Gasteiger partial charge in [-0.05, 0) is 40.2 Å². The van der Waals surface area contributed by atoms with E-state index in [0.29, 0.717) is 29.6 Å². The molecule has 26 heavy (non-hydrogen) atoms. The third-order valence-electron chi connectivity index (χ3n) is 4.03. The van der Waals surface area contributed by atoms with Crippen LogP contribution in [0.2, 0.25) is 0 Å². The second-order valence-electron chi connectivity index (χ2n) is 5.83. The summed E-state index contributed by atoms with van der Waals surface area (Å²) in [5.74, 6) is 0.769. The largest absolute Gasteiger partial charge is 0.487 e. The van der Waals surface area contributed by atoms with Crippen molar-refractivity contribution in [3.8, 4) is 5.75 Å². The summed E-state index contributed by atoms with van der Waals surface area (Å²) in [6.45, 7) is 1.10. The van der Waals surface area contributed by atoms with Gasteiger partial charge in [0.05, 0.1) is 16.0 Å². The Morgan fingerprint density at radius 1 is 1.19 bits per heavy atom. The second kappa shape index (κ2) is 7.10. The Balaban J connectivity index is 1.35. The van der Waals surface area contributed by atoms with Gasteiger partial charge in [0.2, 0.25) is 0 Å². The molecule has 0 aliphatic carbocycles. The van der Waals surface area contributed by atoms with Gasteiger partial charge in [-0.3, -0.25) is 0 Å². The lowest BCUT2D eigenvalue weighted by Gasteiger charge is -2.37. The molecule has 0 bridgehead atoms. The highest BCUT2D eigenvalue weighted by atomic mass is 79.9. The van der Waals surface area contributed by atoms with Crippen LogP contribution >= 0.6 is 27.3 Å². The molecule has 1 aromatic carbocycles. The number of aromatic nitrogens is 3. The average molecular weight is 455 g/mol. The fraction of sp³-hybridized carbons (Fsp3) is 0.250. The van der Waals surface area contributed by atoms with Gasteiger partial charge in [0.1, 0.15) is 22.3 Å². The van der Waals surface area contributed by atoms with E-state index in [4.69, 9.17) is 4.74 Å². The first-order valence-electron chi connectivity index (χ1n) is 7.86. The Morgan fingerprint density at radius 2 is 1.96 bits per heavy atom. The zero-order valence-corrected chi connectivity index (χ0v) is 16.7. The molecule has 10 heteroatoms. The summed E-state index contributed by atoms with van der Waals surface area (Å²) in [7, 11) is -3.43. The van der Waals surface area contributed by atoms with Crippen LogP contribution in [0.3, 0.4) is 0 Å². The van der Waals surface area contributed by atoms with Crippen molar-refractivity contribution < 1.29 is 13.2 Å². The molecular weight excluding hydrogens is 440 g/mol. The van der Waals surface area contributed by atoms with E-state index in [1.165, 1.54) is 15.6 Å². The molecule has 0 saturated carbocycles. The first-order valence-corrected chi connectivity index (χ1v) is 10.9. The average Bonchev–Trinajstić information content (AvgIpc) is 3.22. The normalized spacial score (nSPS) is 15.7. The van der Waals surface area contributed by atoms with Crippen LogP contribution in [-0.2, 0) is 16.6 Å². The molecule has 136 valence electrons. The maximum absolute atomic E-state index is 12.5. The first kappa shape index (κ1) is 17.7. The number of hydrogen-bond acceptors (Lipinski definition) is 6. The third-order valence-corrected chi connectivity index (χ3v) is 7.96. The van der Waals surface area contributed by atoms with Crippen LogP contribution in [0.5, 0.6) is 5.75 Å². The van der Waals surface area contributed by atoms with Gasteiger partial charge in [-0.25, -0.2) is 13.1 Å². The number of hydrogen-bond donors (Lipinski definition) is 0. The van der Waals surface area contributed by atoms with E-state index >= 15 is 0 Å².